The molecule has 0 bridgehead atoms. The number of allylic oxidation sites excluding steroid dienone is 3. The van der Waals surface area contributed by atoms with Gasteiger partial charge in [-0.2, -0.15) is 26.3 Å². The molecule has 0 spiro atoms. The maximum absolute atomic E-state index is 13.0. The Morgan fingerprint density at radius 1 is 1.24 bits per heavy atom. The largest absolute Gasteiger partial charge is 0.416 e. The smallest absolute Gasteiger partial charge is 0.383 e. The van der Waals surface area contributed by atoms with Crippen LogP contribution in [0.1, 0.15) is 43.5 Å². The number of rotatable bonds is 10. The molecular weight excluding hydrogens is 522 g/mol. The molecule has 2 heterocycles. The van der Waals surface area contributed by atoms with Crippen LogP contribution in [0.15, 0.2) is 47.7 Å². The molecule has 3 rings (SSSR count). The predicted octanol–water partition coefficient (Wildman–Crippen LogP) is 4.56. The first-order chi connectivity index (χ1) is 17.2. The van der Waals surface area contributed by atoms with Gasteiger partial charge in [0, 0.05) is 42.8 Å². The van der Waals surface area contributed by atoms with E-state index in [-0.39, 0.29) is 12.6 Å². The van der Waals surface area contributed by atoms with E-state index in [9.17, 15) is 36.2 Å². The number of halogens is 6. The molecule has 0 aromatic carbocycles. The second-order valence-electron chi connectivity index (χ2n) is 9.36. The number of carbonyl (C=O) groups excluding carboxylic acids is 1. The molecule has 1 saturated carbocycles. The molecule has 1 aliphatic heterocycles. The van der Waals surface area contributed by atoms with E-state index in [0.29, 0.717) is 42.8 Å². The lowest BCUT2D eigenvalue weighted by Gasteiger charge is -2.48. The number of hydrogen-bond donors (Lipinski definition) is 3. The van der Waals surface area contributed by atoms with Gasteiger partial charge in [0.25, 0.3) is 0 Å². The Kier molecular flexibility index (Phi) is 9.46. The number of nitrogens with one attached hydrogen (secondary N) is 2. The van der Waals surface area contributed by atoms with Gasteiger partial charge in [-0.3, -0.25) is 9.69 Å². The van der Waals surface area contributed by atoms with Gasteiger partial charge < -0.3 is 15.7 Å². The summed E-state index contributed by atoms with van der Waals surface area (Å²) in [7, 11) is 0. The second kappa shape index (κ2) is 12.0. The zero-order valence-electron chi connectivity index (χ0n) is 20.0. The minimum Gasteiger partial charge on any atom is -0.383 e. The maximum Gasteiger partial charge on any atom is 0.416 e. The highest BCUT2D eigenvalue weighted by Crippen LogP contribution is 2.40. The van der Waals surface area contributed by atoms with E-state index in [1.807, 2.05) is 5.38 Å². The average molecular weight is 553 g/mol. The maximum atomic E-state index is 13.0. The molecule has 1 aromatic rings. The number of nitrogens with zero attached hydrogens (tertiary/aromatic N) is 2. The van der Waals surface area contributed by atoms with Crippen molar-refractivity contribution in [2.45, 2.75) is 68.6 Å². The Morgan fingerprint density at radius 3 is 2.49 bits per heavy atom. The second-order valence-corrected chi connectivity index (χ2v) is 10.3. The first-order valence-corrected chi connectivity index (χ1v) is 12.7. The first-order valence-electron chi connectivity index (χ1n) is 11.8. The van der Waals surface area contributed by atoms with Crippen LogP contribution in [0.2, 0.25) is 0 Å². The summed E-state index contributed by atoms with van der Waals surface area (Å²) >= 11 is 1.46. The first kappa shape index (κ1) is 29.2. The summed E-state index contributed by atoms with van der Waals surface area (Å²) in [6.07, 6.45) is -5.63. The van der Waals surface area contributed by atoms with Crippen molar-refractivity contribution >= 4 is 17.2 Å². The third kappa shape index (κ3) is 8.85. The Bertz CT molecular complexity index is 976. The predicted molar refractivity (Wildman–Crippen MR) is 127 cm³/mol. The summed E-state index contributed by atoms with van der Waals surface area (Å²) < 4.78 is 75.4. The molecule has 3 N–H and O–H groups in total. The molecular formula is C24H30F6N4O2S. The topological polar surface area (TPSA) is 77.5 Å². The summed E-state index contributed by atoms with van der Waals surface area (Å²) in [6, 6.07) is 0.491. The van der Waals surface area contributed by atoms with E-state index in [2.05, 4.69) is 27.1 Å². The van der Waals surface area contributed by atoms with Crippen LogP contribution in [0.3, 0.4) is 0 Å². The lowest BCUT2D eigenvalue weighted by molar-refractivity contribution is -0.125. The van der Waals surface area contributed by atoms with Crippen molar-refractivity contribution in [1.29, 1.82) is 0 Å². The summed E-state index contributed by atoms with van der Waals surface area (Å²) in [5, 5.41) is 19.1. The summed E-state index contributed by atoms with van der Waals surface area (Å²) in [4.78, 5) is 18.5. The Hall–Kier alpha value is -2.38. The van der Waals surface area contributed by atoms with E-state index in [0.717, 1.165) is 30.9 Å². The van der Waals surface area contributed by atoms with E-state index in [4.69, 9.17) is 0 Å². The van der Waals surface area contributed by atoms with Crippen molar-refractivity contribution in [3.63, 3.8) is 0 Å². The molecule has 1 aromatic heterocycles. The standard InChI is InChI=1S/C24H30F6N4O2S/c1-16(13-32-20(35)5-4-17(24(28,29)30)3-2-8-23(25,26)27)33-18-14-34(15-18)19-6-9-22(36,10-7-19)21-31-11-12-37-21/h2-4,11-12,18-19,33,36H,1,5-10,13-15H2,(H,32,35)/b3-2-,17-4+/t19-,22-. The van der Waals surface area contributed by atoms with Gasteiger partial charge in [0.1, 0.15) is 10.6 Å². The summed E-state index contributed by atoms with van der Waals surface area (Å²) in [6.45, 7) is 5.39. The van der Waals surface area contributed by atoms with Gasteiger partial charge in [0.15, 0.2) is 0 Å². The van der Waals surface area contributed by atoms with Gasteiger partial charge in [-0.25, -0.2) is 4.98 Å². The van der Waals surface area contributed by atoms with Crippen LogP contribution in [0.5, 0.6) is 0 Å². The van der Waals surface area contributed by atoms with E-state index in [1.165, 1.54) is 11.3 Å². The molecule has 1 amide bonds. The van der Waals surface area contributed by atoms with Gasteiger partial charge >= 0.3 is 12.4 Å². The SMILES string of the molecule is C=C(CNC(=O)C/C=C(\C=C/CC(F)(F)F)C(F)(F)F)NC1CN([C@H]2CC[C@@](O)(c3nccs3)CC2)C1. The monoisotopic (exact) mass is 552 g/mol. The van der Waals surface area contributed by atoms with Gasteiger partial charge in [-0.1, -0.05) is 24.8 Å². The van der Waals surface area contributed by atoms with E-state index < -0.39 is 42.3 Å². The fourth-order valence-electron chi connectivity index (χ4n) is 4.43. The summed E-state index contributed by atoms with van der Waals surface area (Å²) in [5.41, 5.74) is -1.66. The molecule has 0 atom stereocenters. The third-order valence-corrected chi connectivity index (χ3v) is 7.39. The zero-order valence-corrected chi connectivity index (χ0v) is 20.9. The number of aromatic nitrogens is 1. The van der Waals surface area contributed by atoms with Crippen molar-refractivity contribution in [2.24, 2.45) is 0 Å². The van der Waals surface area contributed by atoms with Gasteiger partial charge in [-0.05, 0) is 25.7 Å². The Labute approximate surface area is 215 Å². The van der Waals surface area contributed by atoms with Gasteiger partial charge in [0.05, 0.1) is 24.6 Å². The minimum atomic E-state index is -4.87. The Balaban J connectivity index is 1.35. The molecule has 206 valence electrons. The lowest BCUT2D eigenvalue weighted by Crippen LogP contribution is -2.62. The quantitative estimate of drug-likeness (QED) is 0.293. The fourth-order valence-corrected chi connectivity index (χ4v) is 5.23. The lowest BCUT2D eigenvalue weighted by atomic mass is 9.81. The highest BCUT2D eigenvalue weighted by molar-refractivity contribution is 7.09. The normalized spacial score (nSPS) is 24.2. The van der Waals surface area contributed by atoms with Crippen molar-refractivity contribution in [3.8, 4) is 0 Å². The van der Waals surface area contributed by atoms with Crippen LogP contribution < -0.4 is 10.6 Å². The summed E-state index contributed by atoms with van der Waals surface area (Å²) in [5.74, 6) is -0.709. The van der Waals surface area contributed by atoms with Crippen LogP contribution in [0.25, 0.3) is 0 Å². The molecule has 6 nitrogen and oxygen atoms in total. The van der Waals surface area contributed by atoms with Gasteiger partial charge in [0.2, 0.25) is 5.91 Å². The van der Waals surface area contributed by atoms with Crippen LogP contribution in [0.4, 0.5) is 26.3 Å². The highest BCUT2D eigenvalue weighted by atomic mass is 32.1. The molecule has 13 heteroatoms. The number of carbonyl (C=O) groups is 1. The fraction of sp³-hybridized carbons (Fsp3) is 0.583. The molecule has 0 unspecified atom stereocenters. The molecule has 0 radical (unpaired) electrons. The van der Waals surface area contributed by atoms with Crippen LogP contribution in [-0.2, 0) is 10.4 Å². The number of amides is 1. The van der Waals surface area contributed by atoms with E-state index in [1.54, 1.807) is 6.20 Å². The highest BCUT2D eigenvalue weighted by Gasteiger charge is 2.41. The van der Waals surface area contributed by atoms with Crippen molar-refractivity contribution in [2.75, 3.05) is 19.6 Å². The average Bonchev–Trinajstić information content (AvgIpc) is 3.32. The third-order valence-electron chi connectivity index (χ3n) is 6.43. The van der Waals surface area contributed by atoms with Crippen molar-refractivity contribution in [3.05, 3.63) is 52.7 Å². The van der Waals surface area contributed by atoms with Crippen molar-refractivity contribution in [1.82, 2.24) is 20.5 Å². The molecule has 2 aliphatic rings. The zero-order chi connectivity index (χ0) is 27.3. The number of alkyl halides is 6. The van der Waals surface area contributed by atoms with Crippen molar-refractivity contribution < 1.29 is 36.2 Å². The minimum absolute atomic E-state index is 0.0126. The number of likely N-dealkylation sites (tertiary alicyclic amines) is 1. The Morgan fingerprint density at radius 2 is 1.92 bits per heavy atom. The van der Waals surface area contributed by atoms with Crippen LogP contribution >= 0.6 is 11.3 Å². The number of aliphatic hydroxyl groups is 1. The molecule has 2 fully saturated rings. The number of thiazole rings is 1. The van der Waals surface area contributed by atoms with Crippen LogP contribution in [0, 0.1) is 0 Å². The van der Waals surface area contributed by atoms with Crippen LogP contribution in [-0.4, -0.2) is 65.0 Å². The molecule has 37 heavy (non-hydrogen) atoms. The molecule has 1 aliphatic carbocycles. The molecule has 1 saturated heterocycles. The van der Waals surface area contributed by atoms with E-state index >= 15 is 0 Å². The van der Waals surface area contributed by atoms with Gasteiger partial charge in [-0.15, -0.1) is 11.3 Å². The number of hydrogen-bond acceptors (Lipinski definition) is 6.